The van der Waals surface area contributed by atoms with Gasteiger partial charge in [0.2, 0.25) is 5.91 Å². The zero-order valence-corrected chi connectivity index (χ0v) is 16.7. The van der Waals surface area contributed by atoms with Crippen molar-refractivity contribution >= 4 is 51.9 Å². The van der Waals surface area contributed by atoms with Gasteiger partial charge in [-0.1, -0.05) is 72.5 Å². The smallest absolute Gasteiger partial charge is 0.266 e. The fourth-order valence-corrected chi connectivity index (χ4v) is 3.91. The van der Waals surface area contributed by atoms with E-state index in [4.69, 9.17) is 12.2 Å². The number of benzene rings is 2. The lowest BCUT2D eigenvalue weighted by Gasteiger charge is -2.14. The molecule has 28 heavy (non-hydrogen) atoms. The molecule has 0 spiro atoms. The van der Waals surface area contributed by atoms with E-state index in [1.807, 2.05) is 43.3 Å². The van der Waals surface area contributed by atoms with Crippen molar-refractivity contribution in [3.63, 3.8) is 0 Å². The van der Waals surface area contributed by atoms with Crippen molar-refractivity contribution in [1.82, 2.24) is 4.90 Å². The van der Waals surface area contributed by atoms with Gasteiger partial charge in [-0.2, -0.15) is 0 Å². The van der Waals surface area contributed by atoms with Gasteiger partial charge in [-0.25, -0.2) is 0 Å². The Bertz CT molecular complexity index is 984. The lowest BCUT2D eigenvalue weighted by Crippen LogP contribution is -2.36. The SMILES string of the molecule is CC(/C=C1\SC(=S)N(CC(=O)Nc2ccccc2O)C1=O)=C\c1ccccc1. The molecule has 2 aromatic rings. The monoisotopic (exact) mass is 410 g/mol. The normalized spacial score (nSPS) is 16.0. The van der Waals surface area contributed by atoms with Crippen LogP contribution in [0.2, 0.25) is 0 Å². The van der Waals surface area contributed by atoms with Crippen LogP contribution in [0.1, 0.15) is 12.5 Å². The molecule has 0 unspecified atom stereocenters. The van der Waals surface area contributed by atoms with Crippen LogP contribution >= 0.6 is 24.0 Å². The third-order valence-corrected chi connectivity index (χ3v) is 5.28. The molecule has 142 valence electrons. The fraction of sp³-hybridized carbons (Fsp3) is 0.0952. The summed E-state index contributed by atoms with van der Waals surface area (Å²) >= 11 is 6.44. The fourth-order valence-electron chi connectivity index (χ4n) is 2.61. The van der Waals surface area contributed by atoms with Gasteiger partial charge < -0.3 is 10.4 Å². The summed E-state index contributed by atoms with van der Waals surface area (Å²) in [4.78, 5) is 26.7. The van der Waals surface area contributed by atoms with Crippen LogP contribution in [-0.2, 0) is 9.59 Å². The molecule has 2 amide bonds. The van der Waals surface area contributed by atoms with E-state index in [-0.39, 0.29) is 23.9 Å². The van der Waals surface area contributed by atoms with Gasteiger partial charge >= 0.3 is 0 Å². The summed E-state index contributed by atoms with van der Waals surface area (Å²) in [6.07, 6.45) is 3.74. The van der Waals surface area contributed by atoms with E-state index in [2.05, 4.69) is 5.32 Å². The molecule has 3 rings (SSSR count). The number of hydrogen-bond donors (Lipinski definition) is 2. The number of para-hydroxylation sites is 2. The summed E-state index contributed by atoms with van der Waals surface area (Å²) in [6.45, 7) is 1.70. The zero-order valence-electron chi connectivity index (χ0n) is 15.1. The number of amides is 2. The first-order chi connectivity index (χ1) is 13.4. The predicted molar refractivity (Wildman–Crippen MR) is 117 cm³/mol. The number of nitrogens with one attached hydrogen (secondary N) is 1. The molecule has 2 aromatic carbocycles. The highest BCUT2D eigenvalue weighted by atomic mass is 32.2. The number of carbonyl (C=O) groups is 2. The van der Waals surface area contributed by atoms with Gasteiger partial charge in [0.15, 0.2) is 0 Å². The van der Waals surface area contributed by atoms with Crippen molar-refractivity contribution in [2.75, 3.05) is 11.9 Å². The third kappa shape index (κ3) is 4.88. The number of anilines is 1. The standard InChI is InChI=1S/C21H18N2O3S2/c1-14(11-15-7-3-2-4-8-15)12-18-20(26)23(21(27)28-18)13-19(25)22-16-9-5-6-10-17(16)24/h2-12,24H,13H2,1H3,(H,22,25)/b14-11+,18-12-. The largest absolute Gasteiger partial charge is 0.506 e. The molecule has 1 aliphatic rings. The number of aromatic hydroxyl groups is 1. The molecule has 0 bridgehead atoms. The Balaban J connectivity index is 1.68. The molecule has 0 radical (unpaired) electrons. The van der Waals surface area contributed by atoms with Crippen LogP contribution in [0.4, 0.5) is 5.69 Å². The number of phenols is 1. The molecule has 1 aliphatic heterocycles. The van der Waals surface area contributed by atoms with E-state index in [0.717, 1.165) is 11.1 Å². The maximum Gasteiger partial charge on any atom is 0.266 e. The number of allylic oxidation sites excluding steroid dienone is 2. The lowest BCUT2D eigenvalue weighted by molar-refractivity contribution is -0.126. The second-order valence-corrected chi connectivity index (χ2v) is 7.81. The van der Waals surface area contributed by atoms with Crippen LogP contribution in [0.5, 0.6) is 5.75 Å². The Hall–Kier alpha value is -2.90. The molecule has 0 saturated carbocycles. The summed E-state index contributed by atoms with van der Waals surface area (Å²) in [5, 5.41) is 12.3. The highest BCUT2D eigenvalue weighted by Gasteiger charge is 2.33. The molecule has 2 N–H and O–H groups in total. The molecule has 1 fully saturated rings. The maximum atomic E-state index is 12.7. The average Bonchev–Trinajstić information content (AvgIpc) is 2.91. The molecular formula is C21H18N2O3S2. The van der Waals surface area contributed by atoms with E-state index >= 15 is 0 Å². The van der Waals surface area contributed by atoms with Crippen LogP contribution in [-0.4, -0.2) is 32.7 Å². The van der Waals surface area contributed by atoms with Crippen molar-refractivity contribution in [3.05, 3.63) is 76.7 Å². The minimum Gasteiger partial charge on any atom is -0.506 e. The molecule has 1 heterocycles. The van der Waals surface area contributed by atoms with Crippen molar-refractivity contribution < 1.29 is 14.7 Å². The Morgan fingerprint density at radius 3 is 2.57 bits per heavy atom. The van der Waals surface area contributed by atoms with Gasteiger partial charge in [0, 0.05) is 0 Å². The van der Waals surface area contributed by atoms with E-state index in [1.165, 1.54) is 22.7 Å². The molecule has 0 aromatic heterocycles. The third-order valence-electron chi connectivity index (χ3n) is 3.91. The summed E-state index contributed by atoms with van der Waals surface area (Å²) in [6, 6.07) is 16.2. The second kappa shape index (κ2) is 8.86. The average molecular weight is 411 g/mol. The summed E-state index contributed by atoms with van der Waals surface area (Å²) in [7, 11) is 0. The van der Waals surface area contributed by atoms with Crippen LogP contribution in [0.25, 0.3) is 6.08 Å². The van der Waals surface area contributed by atoms with Crippen molar-refractivity contribution in [1.29, 1.82) is 0 Å². The van der Waals surface area contributed by atoms with Gasteiger partial charge in [-0.15, -0.1) is 0 Å². The van der Waals surface area contributed by atoms with E-state index in [1.54, 1.807) is 24.3 Å². The highest BCUT2D eigenvalue weighted by molar-refractivity contribution is 8.26. The van der Waals surface area contributed by atoms with Gasteiger partial charge in [-0.3, -0.25) is 14.5 Å². The van der Waals surface area contributed by atoms with Crippen molar-refractivity contribution in [2.24, 2.45) is 0 Å². The maximum absolute atomic E-state index is 12.7. The first-order valence-corrected chi connectivity index (χ1v) is 9.73. The molecule has 0 atom stereocenters. The van der Waals surface area contributed by atoms with Crippen LogP contribution in [0, 0.1) is 0 Å². The second-order valence-electron chi connectivity index (χ2n) is 6.13. The van der Waals surface area contributed by atoms with E-state index in [0.29, 0.717) is 9.23 Å². The number of phenolic OH excluding ortho intramolecular Hbond substituents is 1. The molecular weight excluding hydrogens is 392 g/mol. The van der Waals surface area contributed by atoms with Gasteiger partial charge in [0.25, 0.3) is 5.91 Å². The number of thioether (sulfide) groups is 1. The Morgan fingerprint density at radius 2 is 1.86 bits per heavy atom. The topological polar surface area (TPSA) is 69.6 Å². The molecule has 5 nitrogen and oxygen atoms in total. The minimum absolute atomic E-state index is 0.0391. The van der Waals surface area contributed by atoms with Crippen LogP contribution < -0.4 is 5.32 Å². The molecule has 1 saturated heterocycles. The zero-order chi connectivity index (χ0) is 20.1. The van der Waals surface area contributed by atoms with Gasteiger partial charge in [0.05, 0.1) is 10.6 Å². The Kier molecular flexibility index (Phi) is 6.28. The predicted octanol–water partition coefficient (Wildman–Crippen LogP) is 4.18. The molecule has 0 aliphatic carbocycles. The number of thiocarbonyl (C=S) groups is 1. The first kappa shape index (κ1) is 19.9. The van der Waals surface area contributed by atoms with Crippen molar-refractivity contribution in [2.45, 2.75) is 6.92 Å². The summed E-state index contributed by atoms with van der Waals surface area (Å²) < 4.78 is 0.330. The van der Waals surface area contributed by atoms with E-state index < -0.39 is 5.91 Å². The van der Waals surface area contributed by atoms with Gasteiger partial charge in [-0.05, 0) is 36.3 Å². The van der Waals surface area contributed by atoms with Crippen LogP contribution in [0.15, 0.2) is 71.2 Å². The lowest BCUT2D eigenvalue weighted by atomic mass is 10.1. The number of hydrogen-bond acceptors (Lipinski definition) is 5. The highest BCUT2D eigenvalue weighted by Crippen LogP contribution is 2.32. The molecule has 7 heteroatoms. The Morgan fingerprint density at radius 1 is 1.18 bits per heavy atom. The van der Waals surface area contributed by atoms with E-state index in [9.17, 15) is 14.7 Å². The van der Waals surface area contributed by atoms with Crippen LogP contribution in [0.3, 0.4) is 0 Å². The van der Waals surface area contributed by atoms with Gasteiger partial charge in [0.1, 0.15) is 16.6 Å². The Labute approximate surface area is 172 Å². The number of carbonyl (C=O) groups excluding carboxylic acids is 2. The number of nitrogens with zero attached hydrogens (tertiary/aromatic N) is 1. The first-order valence-electron chi connectivity index (χ1n) is 8.50. The number of rotatable bonds is 5. The summed E-state index contributed by atoms with van der Waals surface area (Å²) in [5.74, 6) is -0.776. The minimum atomic E-state index is -0.435. The summed E-state index contributed by atoms with van der Waals surface area (Å²) in [5.41, 5.74) is 2.23. The van der Waals surface area contributed by atoms with Crippen molar-refractivity contribution in [3.8, 4) is 5.75 Å². The quantitative estimate of drug-likeness (QED) is 0.440.